The summed E-state index contributed by atoms with van der Waals surface area (Å²) in [6.45, 7) is 2.57. The van der Waals surface area contributed by atoms with Gasteiger partial charge in [0.2, 0.25) is 0 Å². The van der Waals surface area contributed by atoms with Crippen LogP contribution in [0.5, 0.6) is 0 Å². The van der Waals surface area contributed by atoms with E-state index in [1.54, 1.807) is 11.3 Å². The van der Waals surface area contributed by atoms with Gasteiger partial charge in [0.1, 0.15) is 0 Å². The van der Waals surface area contributed by atoms with E-state index in [-0.39, 0.29) is 5.92 Å². The predicted molar refractivity (Wildman–Crippen MR) is 59.8 cm³/mol. The Morgan fingerprint density at radius 1 is 1.69 bits per heavy atom. The second-order valence-electron chi connectivity index (χ2n) is 2.98. The lowest BCUT2D eigenvalue weighted by Gasteiger charge is -2.18. The number of halogens is 1. The summed E-state index contributed by atoms with van der Waals surface area (Å²) in [5, 5.41) is 11.9. The van der Waals surface area contributed by atoms with Gasteiger partial charge >= 0.3 is 0 Å². The second kappa shape index (κ2) is 5.10. The molecule has 1 aromatic heterocycles. The van der Waals surface area contributed by atoms with Gasteiger partial charge in [-0.05, 0) is 40.3 Å². The van der Waals surface area contributed by atoms with Crippen LogP contribution in [0.2, 0.25) is 0 Å². The molecule has 1 heterocycles. The van der Waals surface area contributed by atoms with Crippen LogP contribution in [-0.4, -0.2) is 11.7 Å². The summed E-state index contributed by atoms with van der Waals surface area (Å²) in [6.07, 6.45) is 0.478. The van der Waals surface area contributed by atoms with Gasteiger partial charge in [-0.15, -0.1) is 11.3 Å². The molecule has 74 valence electrons. The van der Waals surface area contributed by atoms with E-state index in [0.717, 1.165) is 15.8 Å². The number of hydrogen-bond acceptors (Lipinski definition) is 3. The van der Waals surface area contributed by atoms with Crippen molar-refractivity contribution < 1.29 is 5.11 Å². The van der Waals surface area contributed by atoms with Crippen LogP contribution in [0.15, 0.2) is 15.9 Å². The Kier molecular flexibility index (Phi) is 4.38. The fourth-order valence-electron chi connectivity index (χ4n) is 1.25. The van der Waals surface area contributed by atoms with Gasteiger partial charge in [0.25, 0.3) is 0 Å². The van der Waals surface area contributed by atoms with Crippen LogP contribution in [0.1, 0.15) is 24.3 Å². The van der Waals surface area contributed by atoms with Gasteiger partial charge < -0.3 is 10.8 Å². The average Bonchev–Trinajstić information content (AvgIpc) is 2.53. The summed E-state index contributed by atoms with van der Waals surface area (Å²) in [4.78, 5) is 0.984. The van der Waals surface area contributed by atoms with E-state index in [0.29, 0.717) is 6.54 Å². The van der Waals surface area contributed by atoms with Crippen molar-refractivity contribution in [3.63, 3.8) is 0 Å². The van der Waals surface area contributed by atoms with Crippen LogP contribution >= 0.6 is 27.3 Å². The fraction of sp³-hybridized carbons (Fsp3) is 0.556. The largest absolute Gasteiger partial charge is 0.387 e. The molecule has 0 aliphatic carbocycles. The van der Waals surface area contributed by atoms with Crippen LogP contribution in [-0.2, 0) is 0 Å². The van der Waals surface area contributed by atoms with Crippen LogP contribution in [0, 0.1) is 5.92 Å². The van der Waals surface area contributed by atoms with E-state index < -0.39 is 6.10 Å². The first-order chi connectivity index (χ1) is 6.20. The molecule has 1 rings (SSSR count). The molecule has 2 nitrogen and oxygen atoms in total. The minimum Gasteiger partial charge on any atom is -0.387 e. The van der Waals surface area contributed by atoms with Crippen molar-refractivity contribution in [2.24, 2.45) is 11.7 Å². The third-order valence-corrected chi connectivity index (χ3v) is 4.13. The highest BCUT2D eigenvalue weighted by Crippen LogP contribution is 2.33. The smallest absolute Gasteiger partial charge is 0.0933 e. The van der Waals surface area contributed by atoms with Crippen molar-refractivity contribution >= 4 is 27.3 Å². The summed E-state index contributed by atoms with van der Waals surface area (Å²) in [6, 6.07) is 1.95. The van der Waals surface area contributed by atoms with Crippen molar-refractivity contribution in [1.29, 1.82) is 0 Å². The molecule has 0 saturated heterocycles. The molecule has 2 unspecified atom stereocenters. The van der Waals surface area contributed by atoms with Crippen LogP contribution in [0.4, 0.5) is 0 Å². The molecule has 0 aliphatic rings. The van der Waals surface area contributed by atoms with Crippen molar-refractivity contribution in [3.8, 4) is 0 Å². The first kappa shape index (κ1) is 11.2. The molecular weight excluding hydrogens is 250 g/mol. The zero-order chi connectivity index (χ0) is 9.84. The molecule has 13 heavy (non-hydrogen) atoms. The molecule has 0 fully saturated rings. The number of aliphatic hydroxyl groups excluding tert-OH is 1. The molecular formula is C9H14BrNOS. The molecule has 3 N–H and O–H groups in total. The lowest BCUT2D eigenvalue weighted by molar-refractivity contribution is 0.113. The second-order valence-corrected chi connectivity index (χ2v) is 4.78. The van der Waals surface area contributed by atoms with E-state index in [2.05, 4.69) is 15.9 Å². The highest BCUT2D eigenvalue weighted by atomic mass is 79.9. The molecule has 2 atom stereocenters. The number of nitrogens with two attached hydrogens (primary N) is 1. The Balaban J connectivity index is 2.77. The van der Waals surface area contributed by atoms with Crippen molar-refractivity contribution in [2.75, 3.05) is 6.54 Å². The predicted octanol–water partition coefficient (Wildman–Crippen LogP) is 2.53. The van der Waals surface area contributed by atoms with E-state index in [9.17, 15) is 5.11 Å². The fourth-order valence-corrected chi connectivity index (χ4v) is 2.93. The molecule has 0 aromatic carbocycles. The monoisotopic (exact) mass is 263 g/mol. The number of thiophene rings is 1. The third kappa shape index (κ3) is 2.53. The first-order valence-electron chi connectivity index (χ1n) is 4.31. The van der Waals surface area contributed by atoms with Gasteiger partial charge in [-0.1, -0.05) is 6.92 Å². The standard InChI is InChI=1S/C9H14BrNOS/c1-2-6(5-11)8(12)9-7(10)3-4-13-9/h3-4,6,8,12H,2,5,11H2,1H3. The highest BCUT2D eigenvalue weighted by Gasteiger charge is 2.20. The molecule has 1 aromatic rings. The maximum atomic E-state index is 9.95. The van der Waals surface area contributed by atoms with E-state index >= 15 is 0 Å². The molecule has 0 aliphatic heterocycles. The number of rotatable bonds is 4. The van der Waals surface area contributed by atoms with Crippen molar-refractivity contribution in [1.82, 2.24) is 0 Å². The summed E-state index contributed by atoms with van der Waals surface area (Å²) in [5.41, 5.74) is 5.57. The lowest BCUT2D eigenvalue weighted by atomic mass is 9.99. The highest BCUT2D eigenvalue weighted by molar-refractivity contribution is 9.10. The van der Waals surface area contributed by atoms with Gasteiger partial charge in [-0.3, -0.25) is 0 Å². The summed E-state index contributed by atoms with van der Waals surface area (Å²) >= 11 is 4.97. The summed E-state index contributed by atoms with van der Waals surface area (Å²) in [5.74, 6) is 0.162. The Labute approximate surface area is 90.9 Å². The molecule has 0 bridgehead atoms. The van der Waals surface area contributed by atoms with Crippen LogP contribution < -0.4 is 5.73 Å². The number of aliphatic hydroxyl groups is 1. The first-order valence-corrected chi connectivity index (χ1v) is 5.99. The Bertz CT molecular complexity index is 260. The Morgan fingerprint density at radius 3 is 2.77 bits per heavy atom. The summed E-state index contributed by atoms with van der Waals surface area (Å²) < 4.78 is 0.983. The van der Waals surface area contributed by atoms with Crippen molar-refractivity contribution in [2.45, 2.75) is 19.4 Å². The van der Waals surface area contributed by atoms with E-state index in [4.69, 9.17) is 5.73 Å². The van der Waals surface area contributed by atoms with Crippen LogP contribution in [0.3, 0.4) is 0 Å². The Morgan fingerprint density at radius 2 is 2.38 bits per heavy atom. The number of hydrogen-bond donors (Lipinski definition) is 2. The van der Waals surface area contributed by atoms with Gasteiger partial charge in [0.15, 0.2) is 0 Å². The van der Waals surface area contributed by atoms with E-state index in [1.807, 2.05) is 18.4 Å². The average molecular weight is 264 g/mol. The topological polar surface area (TPSA) is 46.2 Å². The van der Waals surface area contributed by atoms with Gasteiger partial charge in [-0.2, -0.15) is 0 Å². The molecule has 0 radical (unpaired) electrons. The molecule has 0 saturated carbocycles. The zero-order valence-electron chi connectivity index (χ0n) is 7.53. The maximum Gasteiger partial charge on any atom is 0.0933 e. The molecule has 0 spiro atoms. The third-order valence-electron chi connectivity index (χ3n) is 2.19. The maximum absolute atomic E-state index is 9.95. The SMILES string of the molecule is CCC(CN)C(O)c1sccc1Br. The minimum atomic E-state index is -0.427. The quantitative estimate of drug-likeness (QED) is 0.877. The Hall–Kier alpha value is 0.100. The molecule has 0 amide bonds. The minimum absolute atomic E-state index is 0.162. The van der Waals surface area contributed by atoms with Gasteiger partial charge in [-0.25, -0.2) is 0 Å². The van der Waals surface area contributed by atoms with Crippen molar-refractivity contribution in [3.05, 3.63) is 20.8 Å². The van der Waals surface area contributed by atoms with Gasteiger partial charge in [0, 0.05) is 15.3 Å². The van der Waals surface area contributed by atoms with Gasteiger partial charge in [0.05, 0.1) is 6.10 Å². The zero-order valence-corrected chi connectivity index (χ0v) is 9.94. The summed E-state index contributed by atoms with van der Waals surface area (Å²) in [7, 11) is 0. The van der Waals surface area contributed by atoms with Crippen LogP contribution in [0.25, 0.3) is 0 Å². The van der Waals surface area contributed by atoms with E-state index in [1.165, 1.54) is 0 Å². The molecule has 4 heteroatoms. The normalized spacial score (nSPS) is 15.7. The lowest BCUT2D eigenvalue weighted by Crippen LogP contribution is -2.20.